The van der Waals surface area contributed by atoms with Gasteiger partial charge in [-0.2, -0.15) is 0 Å². The number of hydrogen-bond acceptors (Lipinski definition) is 3. The zero-order valence-corrected chi connectivity index (χ0v) is 12.6. The molecule has 2 amide bonds. The third-order valence-corrected chi connectivity index (χ3v) is 3.27. The summed E-state index contributed by atoms with van der Waals surface area (Å²) in [7, 11) is 0. The first-order valence-electron chi connectivity index (χ1n) is 7.11. The van der Waals surface area contributed by atoms with Crippen molar-refractivity contribution in [1.29, 1.82) is 0 Å². The number of carbonyl (C=O) groups is 2. The molecule has 0 atom stereocenters. The van der Waals surface area contributed by atoms with Crippen molar-refractivity contribution >= 4 is 11.8 Å². The molecule has 2 aromatic carbocycles. The van der Waals surface area contributed by atoms with Gasteiger partial charge in [-0.15, -0.1) is 0 Å². The lowest BCUT2D eigenvalue weighted by Crippen LogP contribution is -2.18. The van der Waals surface area contributed by atoms with Gasteiger partial charge in [-0.05, 0) is 36.8 Å². The number of benzene rings is 2. The summed E-state index contributed by atoms with van der Waals surface area (Å²) in [6.45, 7) is 2.33. The number of rotatable bonds is 6. The van der Waals surface area contributed by atoms with Gasteiger partial charge < -0.3 is 16.2 Å². The Morgan fingerprint density at radius 3 is 2.22 bits per heavy atom. The lowest BCUT2D eigenvalue weighted by molar-refractivity contribution is 0.0999. The van der Waals surface area contributed by atoms with Crippen molar-refractivity contribution in [3.05, 3.63) is 53.3 Å². The lowest BCUT2D eigenvalue weighted by atomic mass is 9.92. The SMILES string of the molecule is CCCOc1ccc(F)cc1-c1c(C(N)=O)cccc1C(N)=O. The van der Waals surface area contributed by atoms with E-state index in [0.717, 1.165) is 6.42 Å². The van der Waals surface area contributed by atoms with Crippen LogP contribution in [-0.4, -0.2) is 18.4 Å². The molecule has 0 heterocycles. The molecule has 0 saturated heterocycles. The number of halogens is 1. The topological polar surface area (TPSA) is 95.4 Å². The van der Waals surface area contributed by atoms with Gasteiger partial charge in [-0.1, -0.05) is 13.0 Å². The predicted molar refractivity (Wildman–Crippen MR) is 84.7 cm³/mol. The van der Waals surface area contributed by atoms with Gasteiger partial charge in [0.1, 0.15) is 11.6 Å². The van der Waals surface area contributed by atoms with Gasteiger partial charge >= 0.3 is 0 Å². The number of hydrogen-bond donors (Lipinski definition) is 2. The molecule has 23 heavy (non-hydrogen) atoms. The van der Waals surface area contributed by atoms with Crippen molar-refractivity contribution in [2.24, 2.45) is 11.5 Å². The van der Waals surface area contributed by atoms with E-state index in [1.165, 1.54) is 36.4 Å². The Morgan fingerprint density at radius 2 is 1.70 bits per heavy atom. The second-order valence-electron chi connectivity index (χ2n) is 4.95. The Hall–Kier alpha value is -2.89. The fraction of sp³-hybridized carbons (Fsp3) is 0.176. The van der Waals surface area contributed by atoms with Crippen LogP contribution in [-0.2, 0) is 0 Å². The summed E-state index contributed by atoms with van der Waals surface area (Å²) >= 11 is 0. The molecule has 0 aliphatic heterocycles. The van der Waals surface area contributed by atoms with Gasteiger partial charge in [-0.25, -0.2) is 4.39 Å². The highest BCUT2D eigenvalue weighted by Crippen LogP contribution is 2.35. The normalized spacial score (nSPS) is 10.3. The summed E-state index contributed by atoms with van der Waals surface area (Å²) in [5.74, 6) is -1.66. The van der Waals surface area contributed by atoms with Crippen LogP contribution in [0.2, 0.25) is 0 Å². The molecule has 0 aliphatic carbocycles. The van der Waals surface area contributed by atoms with E-state index >= 15 is 0 Å². The van der Waals surface area contributed by atoms with Gasteiger partial charge in [0.2, 0.25) is 11.8 Å². The maximum atomic E-state index is 13.7. The number of primary amides is 2. The summed E-state index contributed by atoms with van der Waals surface area (Å²) in [6, 6.07) is 8.29. The minimum absolute atomic E-state index is 0.0771. The van der Waals surface area contributed by atoms with E-state index < -0.39 is 17.6 Å². The number of nitrogens with two attached hydrogens (primary N) is 2. The highest BCUT2D eigenvalue weighted by atomic mass is 19.1. The molecule has 6 heteroatoms. The van der Waals surface area contributed by atoms with E-state index in [1.54, 1.807) is 0 Å². The molecule has 0 fully saturated rings. The standard InChI is InChI=1S/C17H17FN2O3/c1-2-8-23-14-7-6-10(18)9-13(14)15-11(16(19)21)4-3-5-12(15)17(20)22/h3-7,9H,2,8H2,1H3,(H2,19,21)(H2,20,22). The Balaban J connectivity index is 2.76. The molecule has 120 valence electrons. The van der Waals surface area contributed by atoms with Crippen molar-refractivity contribution in [1.82, 2.24) is 0 Å². The molecule has 4 N–H and O–H groups in total. The summed E-state index contributed by atoms with van der Waals surface area (Å²) in [6.07, 6.45) is 0.747. The van der Waals surface area contributed by atoms with Crippen molar-refractivity contribution < 1.29 is 18.7 Å². The van der Waals surface area contributed by atoms with Gasteiger partial charge in [-0.3, -0.25) is 9.59 Å². The number of carbonyl (C=O) groups excluding carboxylic acids is 2. The third-order valence-electron chi connectivity index (χ3n) is 3.27. The fourth-order valence-electron chi connectivity index (χ4n) is 2.29. The second-order valence-corrected chi connectivity index (χ2v) is 4.95. The fourth-order valence-corrected chi connectivity index (χ4v) is 2.29. The summed E-state index contributed by atoms with van der Waals surface area (Å²) in [5, 5.41) is 0. The molecule has 0 spiro atoms. The van der Waals surface area contributed by atoms with E-state index in [0.29, 0.717) is 12.4 Å². The molecule has 0 aliphatic rings. The lowest BCUT2D eigenvalue weighted by Gasteiger charge is -2.16. The van der Waals surface area contributed by atoms with E-state index in [9.17, 15) is 14.0 Å². The maximum absolute atomic E-state index is 13.7. The Labute approximate surface area is 133 Å². The van der Waals surface area contributed by atoms with E-state index in [1.807, 2.05) is 6.92 Å². The van der Waals surface area contributed by atoms with Crippen LogP contribution in [0.5, 0.6) is 5.75 Å². The van der Waals surface area contributed by atoms with E-state index in [4.69, 9.17) is 16.2 Å². The summed E-state index contributed by atoms with van der Waals surface area (Å²) < 4.78 is 19.3. The molecule has 2 rings (SSSR count). The molecular formula is C17H17FN2O3. The molecule has 0 unspecified atom stereocenters. The van der Waals surface area contributed by atoms with Gasteiger partial charge in [0.25, 0.3) is 0 Å². The number of ether oxygens (including phenoxy) is 1. The van der Waals surface area contributed by atoms with Crippen LogP contribution in [0.25, 0.3) is 11.1 Å². The first kappa shape index (κ1) is 16.5. The first-order valence-corrected chi connectivity index (χ1v) is 7.11. The molecule has 0 bridgehead atoms. The molecule has 2 aromatic rings. The van der Waals surface area contributed by atoms with Crippen LogP contribution in [0.1, 0.15) is 34.1 Å². The highest BCUT2D eigenvalue weighted by molar-refractivity contribution is 6.08. The smallest absolute Gasteiger partial charge is 0.249 e. The third kappa shape index (κ3) is 3.48. The Morgan fingerprint density at radius 1 is 1.09 bits per heavy atom. The minimum Gasteiger partial charge on any atom is -0.493 e. The van der Waals surface area contributed by atoms with E-state index in [-0.39, 0.29) is 22.3 Å². The van der Waals surface area contributed by atoms with Gasteiger partial charge in [0.15, 0.2) is 0 Å². The zero-order chi connectivity index (χ0) is 17.0. The predicted octanol–water partition coefficient (Wildman–Crippen LogP) is 2.48. The minimum atomic E-state index is -0.742. The Bertz CT molecular complexity index is 727. The molecule has 5 nitrogen and oxygen atoms in total. The van der Waals surface area contributed by atoms with Crippen LogP contribution < -0.4 is 16.2 Å². The van der Waals surface area contributed by atoms with Crippen LogP contribution in [0.15, 0.2) is 36.4 Å². The van der Waals surface area contributed by atoms with Crippen LogP contribution in [0.3, 0.4) is 0 Å². The summed E-state index contributed by atoms with van der Waals surface area (Å²) in [5.41, 5.74) is 11.4. The Kier molecular flexibility index (Phi) is 4.95. The van der Waals surface area contributed by atoms with Gasteiger partial charge in [0.05, 0.1) is 6.61 Å². The quantitative estimate of drug-likeness (QED) is 0.857. The highest BCUT2D eigenvalue weighted by Gasteiger charge is 2.21. The maximum Gasteiger partial charge on any atom is 0.249 e. The largest absolute Gasteiger partial charge is 0.493 e. The van der Waals surface area contributed by atoms with Crippen molar-refractivity contribution in [3.63, 3.8) is 0 Å². The molecular weight excluding hydrogens is 299 g/mol. The average Bonchev–Trinajstić information content (AvgIpc) is 2.52. The molecule has 0 aromatic heterocycles. The number of amides is 2. The first-order chi connectivity index (χ1) is 11.0. The van der Waals surface area contributed by atoms with Crippen molar-refractivity contribution in [2.75, 3.05) is 6.61 Å². The summed E-state index contributed by atoms with van der Waals surface area (Å²) in [4.78, 5) is 23.4. The van der Waals surface area contributed by atoms with Gasteiger partial charge in [0, 0.05) is 22.3 Å². The zero-order valence-electron chi connectivity index (χ0n) is 12.6. The van der Waals surface area contributed by atoms with Crippen LogP contribution in [0.4, 0.5) is 4.39 Å². The molecule has 0 radical (unpaired) electrons. The monoisotopic (exact) mass is 316 g/mol. The molecule has 0 saturated carbocycles. The van der Waals surface area contributed by atoms with Crippen LogP contribution >= 0.6 is 0 Å². The van der Waals surface area contributed by atoms with E-state index in [2.05, 4.69) is 0 Å². The second kappa shape index (κ2) is 6.91. The average molecular weight is 316 g/mol. The van der Waals surface area contributed by atoms with Crippen molar-refractivity contribution in [3.8, 4) is 16.9 Å². The van der Waals surface area contributed by atoms with Crippen molar-refractivity contribution in [2.45, 2.75) is 13.3 Å². The van der Waals surface area contributed by atoms with Crippen LogP contribution in [0, 0.1) is 5.82 Å².